The van der Waals surface area contributed by atoms with Crippen molar-refractivity contribution in [3.63, 3.8) is 0 Å². The Morgan fingerprint density at radius 2 is 1.58 bits per heavy atom. The fourth-order valence-electron chi connectivity index (χ4n) is 1.75. The van der Waals surface area contributed by atoms with Crippen molar-refractivity contribution >= 4 is 29.1 Å². The summed E-state index contributed by atoms with van der Waals surface area (Å²) in [5.74, 6) is -0.169. The maximum atomic E-state index is 11.9. The van der Waals surface area contributed by atoms with Gasteiger partial charge < -0.3 is 5.32 Å². The van der Waals surface area contributed by atoms with Crippen LogP contribution < -0.4 is 5.32 Å². The zero-order chi connectivity index (χ0) is 13.7. The van der Waals surface area contributed by atoms with Gasteiger partial charge in [0.2, 0.25) is 0 Å². The zero-order valence-corrected chi connectivity index (χ0v) is 11.7. The first-order valence-electron chi connectivity index (χ1n) is 5.94. The van der Waals surface area contributed by atoms with E-state index in [2.05, 4.69) is 5.32 Å². The summed E-state index contributed by atoms with van der Waals surface area (Å²) in [6, 6.07) is 14.6. The second kappa shape index (κ2) is 6.60. The number of amides is 1. The Morgan fingerprint density at radius 1 is 0.947 bits per heavy atom. The van der Waals surface area contributed by atoms with E-state index in [1.54, 1.807) is 24.3 Å². The van der Waals surface area contributed by atoms with Crippen LogP contribution >= 0.6 is 23.2 Å². The lowest BCUT2D eigenvalue weighted by Gasteiger charge is -2.07. The number of halogens is 2. The maximum Gasteiger partial charge on any atom is 0.252 e. The molecule has 0 spiro atoms. The molecule has 0 heterocycles. The van der Waals surface area contributed by atoms with Crippen LogP contribution in [0.5, 0.6) is 0 Å². The third-order valence-electron chi connectivity index (χ3n) is 2.76. The average molecular weight is 294 g/mol. The summed E-state index contributed by atoms with van der Waals surface area (Å²) >= 11 is 12.0. The van der Waals surface area contributed by atoms with Crippen LogP contribution in [0.25, 0.3) is 0 Å². The number of carbonyl (C=O) groups is 1. The van der Waals surface area contributed by atoms with E-state index >= 15 is 0 Å². The fraction of sp³-hybridized carbons (Fsp3) is 0.133. The molecule has 98 valence electrons. The van der Waals surface area contributed by atoms with Gasteiger partial charge in [-0.05, 0) is 30.2 Å². The molecule has 19 heavy (non-hydrogen) atoms. The number of hydrogen-bond acceptors (Lipinski definition) is 1. The van der Waals surface area contributed by atoms with Crippen molar-refractivity contribution in [2.45, 2.75) is 6.42 Å². The molecule has 0 radical (unpaired) electrons. The van der Waals surface area contributed by atoms with Crippen LogP contribution in [0, 0.1) is 0 Å². The topological polar surface area (TPSA) is 29.1 Å². The molecule has 0 saturated heterocycles. The number of rotatable bonds is 4. The Hall–Kier alpha value is -1.51. The molecule has 0 aliphatic heterocycles. The van der Waals surface area contributed by atoms with E-state index < -0.39 is 0 Å². The van der Waals surface area contributed by atoms with Crippen molar-refractivity contribution in [1.82, 2.24) is 5.32 Å². The number of benzene rings is 2. The molecule has 2 aromatic rings. The van der Waals surface area contributed by atoms with Gasteiger partial charge in [0.25, 0.3) is 5.91 Å². The van der Waals surface area contributed by atoms with Crippen molar-refractivity contribution in [1.29, 1.82) is 0 Å². The first-order chi connectivity index (χ1) is 9.18. The fourth-order valence-corrected chi connectivity index (χ4v) is 2.20. The molecule has 0 atom stereocenters. The van der Waals surface area contributed by atoms with Crippen molar-refractivity contribution in [2.24, 2.45) is 0 Å². The first kappa shape index (κ1) is 13.9. The van der Waals surface area contributed by atoms with E-state index in [1.165, 1.54) is 0 Å². The summed E-state index contributed by atoms with van der Waals surface area (Å²) in [5.41, 5.74) is 1.51. The highest BCUT2D eigenvalue weighted by Crippen LogP contribution is 2.16. The highest BCUT2D eigenvalue weighted by atomic mass is 35.5. The molecule has 0 aliphatic rings. The zero-order valence-electron chi connectivity index (χ0n) is 10.2. The van der Waals surface area contributed by atoms with Gasteiger partial charge >= 0.3 is 0 Å². The summed E-state index contributed by atoms with van der Waals surface area (Å²) in [4.78, 5) is 11.9. The van der Waals surface area contributed by atoms with Gasteiger partial charge in [-0.2, -0.15) is 0 Å². The minimum Gasteiger partial charge on any atom is -0.352 e. The molecule has 0 saturated carbocycles. The van der Waals surface area contributed by atoms with E-state index in [4.69, 9.17) is 23.2 Å². The summed E-state index contributed by atoms with van der Waals surface area (Å²) in [7, 11) is 0. The molecule has 1 amide bonds. The van der Waals surface area contributed by atoms with Gasteiger partial charge in [-0.3, -0.25) is 4.79 Å². The Balaban J connectivity index is 1.92. The second-order valence-corrected chi connectivity index (χ2v) is 4.89. The molecule has 0 fully saturated rings. The lowest BCUT2D eigenvalue weighted by molar-refractivity contribution is 0.0954. The van der Waals surface area contributed by atoms with Crippen LogP contribution in [0.3, 0.4) is 0 Å². The van der Waals surface area contributed by atoms with Crippen LogP contribution in [-0.2, 0) is 6.42 Å². The van der Waals surface area contributed by atoms with Gasteiger partial charge in [0, 0.05) is 11.6 Å². The molecule has 2 rings (SSSR count). The van der Waals surface area contributed by atoms with Crippen molar-refractivity contribution < 1.29 is 4.79 Å². The predicted octanol–water partition coefficient (Wildman–Crippen LogP) is 3.97. The van der Waals surface area contributed by atoms with E-state index in [-0.39, 0.29) is 5.91 Å². The van der Waals surface area contributed by atoms with Crippen LogP contribution in [0.2, 0.25) is 10.0 Å². The number of carbonyl (C=O) groups excluding carboxylic acids is 1. The lowest BCUT2D eigenvalue weighted by atomic mass is 10.1. The van der Waals surface area contributed by atoms with Crippen LogP contribution in [-0.4, -0.2) is 12.5 Å². The van der Waals surface area contributed by atoms with E-state index in [0.717, 1.165) is 10.6 Å². The third-order valence-corrected chi connectivity index (χ3v) is 3.45. The molecule has 0 aromatic heterocycles. The SMILES string of the molecule is O=C(NCCc1ccccc1Cl)c1ccccc1Cl. The molecule has 2 nitrogen and oxygen atoms in total. The lowest BCUT2D eigenvalue weighted by Crippen LogP contribution is -2.26. The van der Waals surface area contributed by atoms with Gasteiger partial charge in [0.05, 0.1) is 10.6 Å². The number of nitrogens with one attached hydrogen (secondary N) is 1. The average Bonchev–Trinajstić information content (AvgIpc) is 2.41. The van der Waals surface area contributed by atoms with Gasteiger partial charge in [-0.1, -0.05) is 53.5 Å². The quantitative estimate of drug-likeness (QED) is 0.908. The van der Waals surface area contributed by atoms with Gasteiger partial charge in [-0.25, -0.2) is 0 Å². The molecule has 1 N–H and O–H groups in total. The molecule has 0 aliphatic carbocycles. The molecule has 0 bridgehead atoms. The summed E-state index contributed by atoms with van der Waals surface area (Å²) in [6.45, 7) is 0.522. The Bertz CT molecular complexity index is 584. The number of hydrogen-bond donors (Lipinski definition) is 1. The van der Waals surface area contributed by atoms with Crippen LogP contribution in [0.15, 0.2) is 48.5 Å². The highest BCUT2D eigenvalue weighted by Gasteiger charge is 2.08. The predicted molar refractivity (Wildman–Crippen MR) is 78.9 cm³/mol. The standard InChI is InChI=1S/C15H13Cl2NO/c16-13-7-3-1-5-11(13)9-10-18-15(19)12-6-2-4-8-14(12)17/h1-8H,9-10H2,(H,18,19). The molecular weight excluding hydrogens is 281 g/mol. The van der Waals surface area contributed by atoms with E-state index in [9.17, 15) is 4.79 Å². The summed E-state index contributed by atoms with van der Waals surface area (Å²) in [5, 5.41) is 4.01. The van der Waals surface area contributed by atoms with E-state index in [0.29, 0.717) is 23.6 Å². The van der Waals surface area contributed by atoms with Crippen LogP contribution in [0.1, 0.15) is 15.9 Å². The minimum absolute atomic E-state index is 0.169. The Kier molecular flexibility index (Phi) is 4.83. The Labute approximate surface area is 122 Å². The largest absolute Gasteiger partial charge is 0.352 e. The van der Waals surface area contributed by atoms with Crippen molar-refractivity contribution in [2.75, 3.05) is 6.54 Å². The van der Waals surface area contributed by atoms with Crippen molar-refractivity contribution in [3.05, 3.63) is 69.7 Å². The summed E-state index contributed by atoms with van der Waals surface area (Å²) < 4.78 is 0. The van der Waals surface area contributed by atoms with Gasteiger partial charge in [-0.15, -0.1) is 0 Å². The smallest absolute Gasteiger partial charge is 0.252 e. The maximum absolute atomic E-state index is 11.9. The monoisotopic (exact) mass is 293 g/mol. The van der Waals surface area contributed by atoms with Gasteiger partial charge in [0.1, 0.15) is 0 Å². The molecule has 0 unspecified atom stereocenters. The first-order valence-corrected chi connectivity index (χ1v) is 6.70. The van der Waals surface area contributed by atoms with Crippen molar-refractivity contribution in [3.8, 4) is 0 Å². The molecular formula is C15H13Cl2NO. The highest BCUT2D eigenvalue weighted by molar-refractivity contribution is 6.33. The van der Waals surface area contributed by atoms with Crippen LogP contribution in [0.4, 0.5) is 0 Å². The normalized spacial score (nSPS) is 10.2. The Morgan fingerprint density at radius 3 is 2.26 bits per heavy atom. The summed E-state index contributed by atoms with van der Waals surface area (Å²) in [6.07, 6.45) is 0.690. The third kappa shape index (κ3) is 3.72. The molecule has 2 aromatic carbocycles. The van der Waals surface area contributed by atoms with E-state index in [1.807, 2.05) is 24.3 Å². The second-order valence-electron chi connectivity index (χ2n) is 4.08. The van der Waals surface area contributed by atoms with Gasteiger partial charge in [0.15, 0.2) is 0 Å². The minimum atomic E-state index is -0.169. The molecule has 4 heteroatoms.